The molecule has 0 aliphatic carbocycles. The number of fused-ring (bicyclic) bond motifs is 1. The summed E-state index contributed by atoms with van der Waals surface area (Å²) < 4.78 is 11.1. The van der Waals surface area contributed by atoms with Crippen LogP contribution in [0.15, 0.2) is 47.1 Å². The monoisotopic (exact) mass is 363 g/mol. The molecule has 0 bridgehead atoms. The molecule has 4 rings (SSSR count). The smallest absolute Gasteiger partial charge is 0.315 e. The number of ether oxygens (including phenoxy) is 1. The second-order valence-corrected chi connectivity index (χ2v) is 6.94. The van der Waals surface area contributed by atoms with Gasteiger partial charge in [-0.15, -0.1) is 0 Å². The fourth-order valence-corrected chi connectivity index (χ4v) is 3.46. The average Bonchev–Trinajstić information content (AvgIpc) is 3.26. The van der Waals surface area contributed by atoms with Gasteiger partial charge in [0.15, 0.2) is 0 Å². The molecule has 1 saturated heterocycles. The van der Waals surface area contributed by atoms with E-state index in [9.17, 15) is 9.59 Å². The lowest BCUT2D eigenvalue weighted by Crippen LogP contribution is -2.23. The number of hydrogen-bond acceptors (Lipinski definition) is 4. The van der Waals surface area contributed by atoms with Crippen LogP contribution in [0.5, 0.6) is 5.75 Å². The van der Waals surface area contributed by atoms with Crippen molar-refractivity contribution in [3.8, 4) is 5.75 Å². The maximum atomic E-state index is 12.3. The minimum absolute atomic E-state index is 0.136. The molecule has 0 saturated carbocycles. The number of aryl methyl sites for hydroxylation is 2. The molecule has 0 radical (unpaired) electrons. The lowest BCUT2D eigenvalue weighted by molar-refractivity contribution is -0.133. The highest BCUT2D eigenvalue weighted by molar-refractivity contribution is 5.95. The molecule has 138 valence electrons. The zero-order chi connectivity index (χ0) is 19.0. The van der Waals surface area contributed by atoms with Crippen molar-refractivity contribution in [3.05, 3.63) is 59.4 Å². The molecule has 5 heteroatoms. The molecule has 0 atom stereocenters. The molecule has 0 N–H and O–H groups in total. The highest BCUT2D eigenvalue weighted by atomic mass is 16.5. The maximum absolute atomic E-state index is 12.3. The molecule has 0 unspecified atom stereocenters. The van der Waals surface area contributed by atoms with Crippen LogP contribution in [0, 0.1) is 13.8 Å². The van der Waals surface area contributed by atoms with E-state index < -0.39 is 0 Å². The molecule has 1 aliphatic heterocycles. The molecule has 2 heterocycles. The zero-order valence-corrected chi connectivity index (χ0v) is 15.5. The molecule has 1 aromatic heterocycles. The first-order valence-electron chi connectivity index (χ1n) is 9.10. The van der Waals surface area contributed by atoms with Crippen LogP contribution in [0.2, 0.25) is 0 Å². The highest BCUT2D eigenvalue weighted by Gasteiger charge is 2.21. The summed E-state index contributed by atoms with van der Waals surface area (Å²) in [6.45, 7) is 4.78. The minimum Gasteiger partial charge on any atom is -0.464 e. The number of hydrogen-bond donors (Lipinski definition) is 0. The second-order valence-electron chi connectivity index (χ2n) is 6.94. The summed E-state index contributed by atoms with van der Waals surface area (Å²) in [6, 6.07) is 11.1. The Balaban J connectivity index is 1.45. The van der Waals surface area contributed by atoms with Gasteiger partial charge in [0.2, 0.25) is 5.91 Å². The first-order valence-corrected chi connectivity index (χ1v) is 9.10. The summed E-state index contributed by atoms with van der Waals surface area (Å²) in [5, 5.41) is 0.943. The molecule has 1 aliphatic rings. The first-order chi connectivity index (χ1) is 13.0. The van der Waals surface area contributed by atoms with Gasteiger partial charge in [-0.3, -0.25) is 9.59 Å². The van der Waals surface area contributed by atoms with Crippen LogP contribution in [-0.2, 0) is 16.0 Å². The number of carbonyl (C=O) groups excluding carboxylic acids is 2. The van der Waals surface area contributed by atoms with Crippen molar-refractivity contribution >= 4 is 28.5 Å². The van der Waals surface area contributed by atoms with Crippen molar-refractivity contribution < 1.29 is 18.7 Å². The van der Waals surface area contributed by atoms with Crippen LogP contribution in [0.4, 0.5) is 5.69 Å². The Hall–Kier alpha value is -3.08. The van der Waals surface area contributed by atoms with Crippen LogP contribution in [0.25, 0.3) is 11.0 Å². The topological polar surface area (TPSA) is 59.8 Å². The van der Waals surface area contributed by atoms with E-state index in [2.05, 4.69) is 0 Å². The van der Waals surface area contributed by atoms with Crippen molar-refractivity contribution in [2.75, 3.05) is 11.4 Å². The number of furan rings is 1. The number of rotatable bonds is 4. The van der Waals surface area contributed by atoms with Gasteiger partial charge in [0.05, 0.1) is 12.7 Å². The van der Waals surface area contributed by atoms with Crippen molar-refractivity contribution in [2.24, 2.45) is 0 Å². The Bertz CT molecular complexity index is 1020. The molecule has 2 aromatic carbocycles. The standard InChI is InChI=1S/C22H21NO4/c1-14-5-10-19-16(13-26-22(19)15(14)2)12-21(25)27-18-8-6-17(7-9-18)23-11-3-4-20(23)24/h5-10,13H,3-4,11-12H2,1-2H3. The molecule has 1 fully saturated rings. The molecular formula is C22H21NO4. The zero-order valence-electron chi connectivity index (χ0n) is 15.5. The van der Waals surface area contributed by atoms with Crippen molar-refractivity contribution in [2.45, 2.75) is 33.1 Å². The summed E-state index contributed by atoms with van der Waals surface area (Å²) >= 11 is 0. The van der Waals surface area contributed by atoms with E-state index in [0.717, 1.165) is 46.3 Å². The van der Waals surface area contributed by atoms with E-state index in [-0.39, 0.29) is 18.3 Å². The Morgan fingerprint density at radius 1 is 1.15 bits per heavy atom. The minimum atomic E-state index is -0.346. The van der Waals surface area contributed by atoms with E-state index in [1.165, 1.54) is 0 Å². The highest BCUT2D eigenvalue weighted by Crippen LogP contribution is 2.28. The van der Waals surface area contributed by atoms with Gasteiger partial charge >= 0.3 is 5.97 Å². The number of anilines is 1. The number of benzene rings is 2. The molecular weight excluding hydrogens is 342 g/mol. The lowest BCUT2D eigenvalue weighted by atomic mass is 10.0. The molecule has 5 nitrogen and oxygen atoms in total. The first kappa shape index (κ1) is 17.3. The maximum Gasteiger partial charge on any atom is 0.315 e. The van der Waals surface area contributed by atoms with Crippen LogP contribution in [-0.4, -0.2) is 18.4 Å². The summed E-state index contributed by atoms with van der Waals surface area (Å²) in [5.74, 6) is 0.258. The molecule has 1 amide bonds. The van der Waals surface area contributed by atoms with E-state index in [1.54, 1.807) is 23.3 Å². The lowest BCUT2D eigenvalue weighted by Gasteiger charge is -2.15. The van der Waals surface area contributed by atoms with E-state index in [0.29, 0.717) is 12.2 Å². The fourth-order valence-electron chi connectivity index (χ4n) is 3.46. The van der Waals surface area contributed by atoms with Gasteiger partial charge in [-0.1, -0.05) is 12.1 Å². The average molecular weight is 363 g/mol. The van der Waals surface area contributed by atoms with Crippen LogP contribution < -0.4 is 9.64 Å². The quantitative estimate of drug-likeness (QED) is 0.511. The Morgan fingerprint density at radius 2 is 1.93 bits per heavy atom. The summed E-state index contributed by atoms with van der Waals surface area (Å²) in [7, 11) is 0. The van der Waals surface area contributed by atoms with Gasteiger partial charge < -0.3 is 14.1 Å². The SMILES string of the molecule is Cc1ccc2c(CC(=O)Oc3ccc(N4CCCC4=O)cc3)coc2c1C. The third-order valence-electron chi connectivity index (χ3n) is 5.13. The second kappa shape index (κ2) is 6.91. The molecule has 27 heavy (non-hydrogen) atoms. The van der Waals surface area contributed by atoms with Crippen LogP contribution in [0.3, 0.4) is 0 Å². The van der Waals surface area contributed by atoms with E-state index in [1.807, 2.05) is 38.1 Å². The van der Waals surface area contributed by atoms with Crippen molar-refractivity contribution in [1.29, 1.82) is 0 Å². The third-order valence-corrected chi connectivity index (χ3v) is 5.13. The number of esters is 1. The molecule has 3 aromatic rings. The Labute approximate surface area is 157 Å². The number of amides is 1. The number of nitrogens with zero attached hydrogens (tertiary/aromatic N) is 1. The predicted molar refractivity (Wildman–Crippen MR) is 103 cm³/mol. The van der Waals surface area contributed by atoms with E-state index in [4.69, 9.17) is 9.15 Å². The van der Waals surface area contributed by atoms with Gasteiger partial charge in [-0.2, -0.15) is 0 Å². The van der Waals surface area contributed by atoms with Gasteiger partial charge in [0, 0.05) is 29.6 Å². The van der Waals surface area contributed by atoms with Crippen LogP contribution in [0.1, 0.15) is 29.5 Å². The Kier molecular flexibility index (Phi) is 4.44. The van der Waals surface area contributed by atoms with Crippen molar-refractivity contribution in [3.63, 3.8) is 0 Å². The van der Waals surface area contributed by atoms with Gasteiger partial charge in [0.1, 0.15) is 11.3 Å². The largest absolute Gasteiger partial charge is 0.464 e. The van der Waals surface area contributed by atoms with E-state index >= 15 is 0 Å². The summed E-state index contributed by atoms with van der Waals surface area (Å²) in [4.78, 5) is 25.9. The Morgan fingerprint density at radius 3 is 2.63 bits per heavy atom. The van der Waals surface area contributed by atoms with Crippen LogP contribution >= 0.6 is 0 Å². The van der Waals surface area contributed by atoms with Gasteiger partial charge in [0.25, 0.3) is 0 Å². The van der Waals surface area contributed by atoms with Crippen molar-refractivity contribution in [1.82, 2.24) is 0 Å². The van der Waals surface area contributed by atoms with Gasteiger partial charge in [-0.05, 0) is 55.7 Å². The predicted octanol–water partition coefficient (Wildman–Crippen LogP) is 4.32. The third kappa shape index (κ3) is 3.33. The number of carbonyl (C=O) groups is 2. The van der Waals surface area contributed by atoms with Gasteiger partial charge in [-0.25, -0.2) is 0 Å². The summed E-state index contributed by atoms with van der Waals surface area (Å²) in [6.07, 6.45) is 3.24. The summed E-state index contributed by atoms with van der Waals surface area (Å²) in [5.41, 5.74) is 4.71. The fraction of sp³-hybridized carbons (Fsp3) is 0.273. The normalized spacial score (nSPS) is 14.1. The molecule has 0 spiro atoms.